The van der Waals surface area contributed by atoms with Crippen LogP contribution in [0.25, 0.3) is 0 Å². The zero-order valence-electron chi connectivity index (χ0n) is 10.9. The number of halogens is 3. The topological polar surface area (TPSA) is 41.1 Å². The van der Waals surface area contributed by atoms with Gasteiger partial charge in [-0.25, -0.2) is 0 Å². The first-order valence-electron chi connectivity index (χ1n) is 6.13. The number of amides is 1. The summed E-state index contributed by atoms with van der Waals surface area (Å²) >= 11 is 1.37. The summed E-state index contributed by atoms with van der Waals surface area (Å²) in [5, 5.41) is 5.06. The van der Waals surface area contributed by atoms with Crippen molar-refractivity contribution in [1.29, 1.82) is 0 Å². The van der Waals surface area contributed by atoms with Gasteiger partial charge in [0.1, 0.15) is 0 Å². The Balaban J connectivity index is 2.26. The van der Waals surface area contributed by atoms with E-state index in [0.717, 1.165) is 4.90 Å². The molecule has 1 aromatic rings. The van der Waals surface area contributed by atoms with Crippen LogP contribution < -0.4 is 10.6 Å². The number of carbonyl (C=O) groups is 1. The number of alkyl halides is 3. The lowest BCUT2D eigenvalue weighted by Gasteiger charge is -2.29. The van der Waals surface area contributed by atoms with Crippen LogP contribution in [0.4, 0.5) is 18.9 Å². The molecule has 1 aromatic carbocycles. The quantitative estimate of drug-likeness (QED) is 0.844. The number of thioether (sulfide) groups is 1. The fraction of sp³-hybridized carbons (Fsp3) is 0.462. The number of anilines is 1. The van der Waals surface area contributed by atoms with E-state index >= 15 is 0 Å². The molecule has 2 rings (SSSR count). The maximum atomic E-state index is 13.2. The molecule has 1 aliphatic heterocycles. The molecule has 0 bridgehead atoms. The van der Waals surface area contributed by atoms with Crippen molar-refractivity contribution >= 4 is 23.4 Å². The van der Waals surface area contributed by atoms with Crippen molar-refractivity contribution in [1.82, 2.24) is 5.32 Å². The first-order chi connectivity index (χ1) is 9.40. The van der Waals surface area contributed by atoms with Crippen LogP contribution in [0.2, 0.25) is 0 Å². The normalized spacial score (nSPS) is 22.8. The molecule has 1 atom stereocenters. The molecule has 3 nitrogen and oxygen atoms in total. The summed E-state index contributed by atoms with van der Waals surface area (Å²) in [6, 6.07) is 6.82. The predicted octanol–water partition coefficient (Wildman–Crippen LogP) is 2.89. The molecule has 1 amide bonds. The third kappa shape index (κ3) is 2.64. The average Bonchev–Trinajstić information content (AvgIpc) is 2.89. The van der Waals surface area contributed by atoms with Gasteiger partial charge in [-0.3, -0.25) is 4.79 Å². The first-order valence-corrected chi connectivity index (χ1v) is 7.35. The van der Waals surface area contributed by atoms with Crippen LogP contribution in [-0.2, 0) is 4.79 Å². The summed E-state index contributed by atoms with van der Waals surface area (Å²) in [5.41, 5.74) is -1.92. The highest BCUT2D eigenvalue weighted by molar-refractivity contribution is 7.98. The second-order valence-corrected chi connectivity index (χ2v) is 5.51. The number of nitrogens with one attached hydrogen (secondary N) is 2. The lowest BCUT2D eigenvalue weighted by molar-refractivity contribution is -0.213. The molecule has 2 N–H and O–H groups in total. The number of benzene rings is 1. The first kappa shape index (κ1) is 15.2. The highest BCUT2D eigenvalue weighted by atomic mass is 32.2. The van der Waals surface area contributed by atoms with Crippen molar-refractivity contribution in [2.75, 3.05) is 24.7 Å². The van der Waals surface area contributed by atoms with Crippen LogP contribution in [0.5, 0.6) is 0 Å². The second-order valence-electron chi connectivity index (χ2n) is 4.66. The Kier molecular flexibility index (Phi) is 4.29. The van der Waals surface area contributed by atoms with E-state index in [1.54, 1.807) is 24.3 Å². The lowest BCUT2D eigenvalue weighted by Crippen LogP contribution is -2.49. The van der Waals surface area contributed by atoms with E-state index < -0.39 is 17.5 Å². The van der Waals surface area contributed by atoms with Gasteiger partial charge in [0.2, 0.25) is 5.91 Å². The van der Waals surface area contributed by atoms with Gasteiger partial charge in [-0.2, -0.15) is 13.2 Å². The van der Waals surface area contributed by atoms with E-state index in [4.69, 9.17) is 0 Å². The number of hydrogen-bond acceptors (Lipinski definition) is 3. The molecule has 1 aliphatic rings. The molecule has 1 heterocycles. The van der Waals surface area contributed by atoms with E-state index in [-0.39, 0.29) is 19.5 Å². The van der Waals surface area contributed by atoms with Crippen molar-refractivity contribution < 1.29 is 18.0 Å². The third-order valence-electron chi connectivity index (χ3n) is 3.49. The van der Waals surface area contributed by atoms with Gasteiger partial charge in [0.25, 0.3) is 0 Å². The lowest BCUT2D eigenvalue weighted by atomic mass is 9.85. The summed E-state index contributed by atoms with van der Waals surface area (Å²) in [6.07, 6.45) is -2.99. The summed E-state index contributed by atoms with van der Waals surface area (Å²) in [5.74, 6) is -0.989. The Morgan fingerprint density at radius 1 is 1.40 bits per heavy atom. The minimum Gasteiger partial charge on any atom is -0.324 e. The maximum Gasteiger partial charge on any atom is 0.404 e. The van der Waals surface area contributed by atoms with Crippen molar-refractivity contribution in [3.05, 3.63) is 24.3 Å². The van der Waals surface area contributed by atoms with Crippen LogP contribution in [0.15, 0.2) is 29.2 Å². The Morgan fingerprint density at radius 2 is 2.10 bits per heavy atom. The van der Waals surface area contributed by atoms with Crippen molar-refractivity contribution in [2.45, 2.75) is 17.5 Å². The Bertz CT molecular complexity index is 499. The molecular formula is C13H15F3N2OS. The highest BCUT2D eigenvalue weighted by Crippen LogP contribution is 2.44. The minimum atomic E-state index is -4.56. The molecule has 0 aromatic heterocycles. The molecule has 0 aliphatic carbocycles. The summed E-state index contributed by atoms with van der Waals surface area (Å²) in [6.45, 7) is -0.180. The fourth-order valence-electron chi connectivity index (χ4n) is 2.25. The summed E-state index contributed by atoms with van der Waals surface area (Å²) in [4.78, 5) is 12.9. The van der Waals surface area contributed by atoms with Crippen LogP contribution >= 0.6 is 11.8 Å². The van der Waals surface area contributed by atoms with E-state index in [9.17, 15) is 18.0 Å². The van der Waals surface area contributed by atoms with Crippen molar-refractivity contribution in [2.24, 2.45) is 5.41 Å². The molecule has 0 saturated carbocycles. The minimum absolute atomic E-state index is 0.192. The van der Waals surface area contributed by atoms with Gasteiger partial charge in [0.15, 0.2) is 5.41 Å². The smallest absolute Gasteiger partial charge is 0.324 e. The molecule has 0 spiro atoms. The SMILES string of the molecule is CSc1ccccc1NC(=O)C1(C(F)(F)F)CCNC1. The molecular weight excluding hydrogens is 289 g/mol. The van der Waals surface area contributed by atoms with E-state index in [1.807, 2.05) is 6.26 Å². The number of hydrogen-bond donors (Lipinski definition) is 2. The van der Waals surface area contributed by atoms with Gasteiger partial charge in [0, 0.05) is 11.4 Å². The maximum absolute atomic E-state index is 13.2. The number of rotatable bonds is 3. The van der Waals surface area contributed by atoms with Gasteiger partial charge in [-0.05, 0) is 31.4 Å². The molecule has 7 heteroatoms. The Hall–Kier alpha value is -1.21. The van der Waals surface area contributed by atoms with E-state index in [1.165, 1.54) is 11.8 Å². The summed E-state index contributed by atoms with van der Waals surface area (Å²) in [7, 11) is 0. The van der Waals surface area contributed by atoms with E-state index in [2.05, 4.69) is 10.6 Å². The van der Waals surface area contributed by atoms with Gasteiger partial charge in [-0.15, -0.1) is 11.8 Å². The zero-order chi connectivity index (χ0) is 14.8. The van der Waals surface area contributed by atoms with Crippen molar-refractivity contribution in [3.8, 4) is 0 Å². The Labute approximate surface area is 119 Å². The second kappa shape index (κ2) is 5.65. The van der Waals surface area contributed by atoms with Crippen LogP contribution in [0, 0.1) is 5.41 Å². The van der Waals surface area contributed by atoms with Gasteiger partial charge in [0.05, 0.1) is 5.69 Å². The number of carbonyl (C=O) groups excluding carboxylic acids is 1. The predicted molar refractivity (Wildman–Crippen MR) is 72.8 cm³/mol. The number of para-hydroxylation sites is 1. The van der Waals surface area contributed by atoms with Gasteiger partial charge < -0.3 is 10.6 Å². The highest BCUT2D eigenvalue weighted by Gasteiger charge is 2.61. The standard InChI is InChI=1S/C13H15F3N2OS/c1-20-10-5-3-2-4-9(10)18-11(19)12(13(14,15)16)6-7-17-8-12/h2-5,17H,6-8H2,1H3,(H,18,19). The van der Waals surface area contributed by atoms with E-state index in [0.29, 0.717) is 5.69 Å². The van der Waals surface area contributed by atoms with Gasteiger partial charge >= 0.3 is 6.18 Å². The largest absolute Gasteiger partial charge is 0.404 e. The monoisotopic (exact) mass is 304 g/mol. The molecule has 1 unspecified atom stereocenters. The Morgan fingerprint density at radius 3 is 2.65 bits per heavy atom. The zero-order valence-corrected chi connectivity index (χ0v) is 11.7. The molecule has 110 valence electrons. The molecule has 0 radical (unpaired) electrons. The molecule has 20 heavy (non-hydrogen) atoms. The molecule has 1 saturated heterocycles. The van der Waals surface area contributed by atoms with Crippen LogP contribution in [0.3, 0.4) is 0 Å². The molecule has 1 fully saturated rings. The average molecular weight is 304 g/mol. The third-order valence-corrected chi connectivity index (χ3v) is 4.28. The van der Waals surface area contributed by atoms with Crippen molar-refractivity contribution in [3.63, 3.8) is 0 Å². The van der Waals surface area contributed by atoms with Crippen LogP contribution in [-0.4, -0.2) is 31.4 Å². The van der Waals surface area contributed by atoms with Crippen LogP contribution in [0.1, 0.15) is 6.42 Å². The van der Waals surface area contributed by atoms with Gasteiger partial charge in [-0.1, -0.05) is 12.1 Å². The summed E-state index contributed by atoms with van der Waals surface area (Å²) < 4.78 is 39.7. The fourth-order valence-corrected chi connectivity index (χ4v) is 2.80.